The maximum atomic E-state index is 11.3. The number of carbonyl (C=O) groups is 2. The fourth-order valence-electron chi connectivity index (χ4n) is 2.54. The molecule has 134 valence electrons. The zero-order valence-electron chi connectivity index (χ0n) is 15.7. The highest BCUT2D eigenvalue weighted by Gasteiger charge is 1.98. The standard InChI is InChI=1S/C26H18O2/c1-19(27)25-14-10-21(11-15-25)6-8-23-4-3-5-24(18-23)9-7-22-12-16-26(17-13-22)20(2)28/h3-5,10-18H,1-2H3. The van der Waals surface area contributed by atoms with Crippen LogP contribution in [0.1, 0.15) is 56.8 Å². The third-order valence-corrected chi connectivity index (χ3v) is 4.15. The van der Waals surface area contributed by atoms with E-state index in [1.807, 2.05) is 48.5 Å². The average Bonchev–Trinajstić information content (AvgIpc) is 2.71. The number of hydrogen-bond donors (Lipinski definition) is 0. The molecular formula is C26H18O2. The SMILES string of the molecule is CC(=O)c1ccc(C#Cc2cccc(C#Cc3ccc(C(C)=O)cc3)c2)cc1. The predicted octanol–water partition coefficient (Wildman–Crippen LogP) is 4.89. The summed E-state index contributed by atoms with van der Waals surface area (Å²) in [6.07, 6.45) is 0. The van der Waals surface area contributed by atoms with Gasteiger partial charge in [0, 0.05) is 33.4 Å². The van der Waals surface area contributed by atoms with Crippen molar-refractivity contribution in [1.82, 2.24) is 0 Å². The lowest BCUT2D eigenvalue weighted by Gasteiger charge is -1.96. The summed E-state index contributed by atoms with van der Waals surface area (Å²) in [7, 11) is 0. The molecule has 0 radical (unpaired) electrons. The molecule has 0 fully saturated rings. The molecule has 0 saturated carbocycles. The zero-order valence-corrected chi connectivity index (χ0v) is 15.7. The van der Waals surface area contributed by atoms with E-state index in [9.17, 15) is 9.59 Å². The minimum absolute atomic E-state index is 0.0433. The van der Waals surface area contributed by atoms with Gasteiger partial charge >= 0.3 is 0 Å². The second-order valence-corrected chi connectivity index (χ2v) is 6.35. The van der Waals surface area contributed by atoms with Gasteiger partial charge in [-0.3, -0.25) is 9.59 Å². The quantitative estimate of drug-likeness (QED) is 0.480. The van der Waals surface area contributed by atoms with Crippen LogP contribution in [0.15, 0.2) is 72.8 Å². The molecule has 0 aliphatic heterocycles. The van der Waals surface area contributed by atoms with E-state index in [0.29, 0.717) is 11.1 Å². The highest BCUT2D eigenvalue weighted by atomic mass is 16.1. The summed E-state index contributed by atoms with van der Waals surface area (Å²) in [4.78, 5) is 22.6. The number of Topliss-reactive ketones (excluding diaryl/α,β-unsaturated/α-hetero) is 2. The molecule has 28 heavy (non-hydrogen) atoms. The van der Waals surface area contributed by atoms with Crippen molar-refractivity contribution in [3.8, 4) is 23.7 Å². The first-order valence-electron chi connectivity index (χ1n) is 8.87. The molecule has 0 spiro atoms. The number of ketones is 2. The minimum Gasteiger partial charge on any atom is -0.295 e. The van der Waals surface area contributed by atoms with Crippen molar-refractivity contribution in [2.75, 3.05) is 0 Å². The molecule has 0 unspecified atom stereocenters. The van der Waals surface area contributed by atoms with Crippen molar-refractivity contribution in [1.29, 1.82) is 0 Å². The van der Waals surface area contributed by atoms with Crippen molar-refractivity contribution < 1.29 is 9.59 Å². The molecule has 3 aromatic rings. The number of carbonyl (C=O) groups excluding carboxylic acids is 2. The van der Waals surface area contributed by atoms with Crippen LogP contribution in [0, 0.1) is 23.7 Å². The Morgan fingerprint density at radius 1 is 0.536 bits per heavy atom. The molecule has 3 aromatic carbocycles. The summed E-state index contributed by atoms with van der Waals surface area (Å²) in [6.45, 7) is 3.09. The van der Waals surface area contributed by atoms with E-state index in [4.69, 9.17) is 0 Å². The largest absolute Gasteiger partial charge is 0.295 e. The molecular weight excluding hydrogens is 344 g/mol. The molecule has 3 rings (SSSR count). The first-order chi connectivity index (χ1) is 13.5. The fraction of sp³-hybridized carbons (Fsp3) is 0.0769. The van der Waals surface area contributed by atoms with Crippen LogP contribution in [0.3, 0.4) is 0 Å². The highest BCUT2D eigenvalue weighted by molar-refractivity contribution is 5.94. The summed E-state index contributed by atoms with van der Waals surface area (Å²) in [5.74, 6) is 12.5. The number of hydrogen-bond acceptors (Lipinski definition) is 2. The van der Waals surface area contributed by atoms with Gasteiger partial charge in [-0.05, 0) is 56.3 Å². The van der Waals surface area contributed by atoms with Crippen molar-refractivity contribution in [2.45, 2.75) is 13.8 Å². The molecule has 0 amide bonds. The molecule has 2 heteroatoms. The number of benzene rings is 3. The zero-order chi connectivity index (χ0) is 19.9. The van der Waals surface area contributed by atoms with Crippen LogP contribution >= 0.6 is 0 Å². The Labute approximate surface area is 165 Å². The topological polar surface area (TPSA) is 34.1 Å². The van der Waals surface area contributed by atoms with Crippen LogP contribution in [-0.2, 0) is 0 Å². The maximum Gasteiger partial charge on any atom is 0.159 e. The summed E-state index contributed by atoms with van der Waals surface area (Å²) >= 11 is 0. The van der Waals surface area contributed by atoms with E-state index < -0.39 is 0 Å². The van der Waals surface area contributed by atoms with E-state index in [1.165, 1.54) is 0 Å². The van der Waals surface area contributed by atoms with Crippen molar-refractivity contribution >= 4 is 11.6 Å². The molecule has 0 aliphatic carbocycles. The smallest absolute Gasteiger partial charge is 0.159 e. The normalized spacial score (nSPS) is 9.50. The Hall–Kier alpha value is -3.88. The molecule has 0 N–H and O–H groups in total. The summed E-state index contributed by atoms with van der Waals surface area (Å²) in [5, 5.41) is 0. The van der Waals surface area contributed by atoms with Crippen LogP contribution in [-0.4, -0.2) is 11.6 Å². The first kappa shape index (κ1) is 18.9. The lowest BCUT2D eigenvalue weighted by Crippen LogP contribution is -1.90. The molecule has 2 nitrogen and oxygen atoms in total. The summed E-state index contributed by atoms with van der Waals surface area (Å²) < 4.78 is 0. The lowest BCUT2D eigenvalue weighted by atomic mass is 10.1. The van der Waals surface area contributed by atoms with Crippen LogP contribution in [0.5, 0.6) is 0 Å². The number of rotatable bonds is 2. The van der Waals surface area contributed by atoms with Gasteiger partial charge in [-0.25, -0.2) is 0 Å². The van der Waals surface area contributed by atoms with Crippen LogP contribution in [0.4, 0.5) is 0 Å². The minimum atomic E-state index is 0.0433. The third-order valence-electron chi connectivity index (χ3n) is 4.15. The van der Waals surface area contributed by atoms with E-state index in [-0.39, 0.29) is 11.6 Å². The van der Waals surface area contributed by atoms with Crippen LogP contribution < -0.4 is 0 Å². The third kappa shape index (κ3) is 5.07. The van der Waals surface area contributed by atoms with E-state index >= 15 is 0 Å². The van der Waals surface area contributed by atoms with Crippen LogP contribution in [0.25, 0.3) is 0 Å². The molecule has 0 bridgehead atoms. The Morgan fingerprint density at radius 3 is 1.25 bits per heavy atom. The van der Waals surface area contributed by atoms with E-state index in [0.717, 1.165) is 22.3 Å². The van der Waals surface area contributed by atoms with Gasteiger partial charge in [-0.2, -0.15) is 0 Å². The Kier molecular flexibility index (Phi) is 5.85. The van der Waals surface area contributed by atoms with Gasteiger partial charge in [-0.1, -0.05) is 54.0 Å². The van der Waals surface area contributed by atoms with Gasteiger partial charge in [0.1, 0.15) is 0 Å². The molecule has 0 aromatic heterocycles. The Balaban J connectivity index is 1.76. The summed E-state index contributed by atoms with van der Waals surface area (Å²) in [6, 6.07) is 22.2. The Morgan fingerprint density at radius 2 is 0.893 bits per heavy atom. The second kappa shape index (κ2) is 8.67. The highest BCUT2D eigenvalue weighted by Crippen LogP contribution is 2.07. The van der Waals surface area contributed by atoms with Gasteiger partial charge in [0.15, 0.2) is 11.6 Å². The van der Waals surface area contributed by atoms with Gasteiger partial charge in [0.25, 0.3) is 0 Å². The maximum absolute atomic E-state index is 11.3. The van der Waals surface area contributed by atoms with E-state index in [2.05, 4.69) is 23.7 Å². The van der Waals surface area contributed by atoms with Gasteiger partial charge in [-0.15, -0.1) is 0 Å². The monoisotopic (exact) mass is 362 g/mol. The lowest BCUT2D eigenvalue weighted by molar-refractivity contribution is 0.100. The van der Waals surface area contributed by atoms with Crippen molar-refractivity contribution in [3.63, 3.8) is 0 Å². The molecule has 0 aliphatic rings. The van der Waals surface area contributed by atoms with Gasteiger partial charge in [0.05, 0.1) is 0 Å². The molecule has 0 saturated heterocycles. The predicted molar refractivity (Wildman–Crippen MR) is 111 cm³/mol. The van der Waals surface area contributed by atoms with Gasteiger partial charge < -0.3 is 0 Å². The molecule has 0 heterocycles. The van der Waals surface area contributed by atoms with E-state index in [1.54, 1.807) is 38.1 Å². The van der Waals surface area contributed by atoms with Crippen molar-refractivity contribution in [3.05, 3.63) is 106 Å². The Bertz CT molecular complexity index is 1050. The van der Waals surface area contributed by atoms with Gasteiger partial charge in [0.2, 0.25) is 0 Å². The molecule has 0 atom stereocenters. The summed E-state index contributed by atoms with van der Waals surface area (Å²) in [5.41, 5.74) is 4.81. The van der Waals surface area contributed by atoms with Crippen molar-refractivity contribution in [2.24, 2.45) is 0 Å². The fourth-order valence-corrected chi connectivity index (χ4v) is 2.54. The second-order valence-electron chi connectivity index (χ2n) is 6.35. The first-order valence-corrected chi connectivity index (χ1v) is 8.87. The average molecular weight is 362 g/mol. The van der Waals surface area contributed by atoms with Crippen LogP contribution in [0.2, 0.25) is 0 Å².